The van der Waals surface area contributed by atoms with Gasteiger partial charge in [-0.1, -0.05) is 5.16 Å². The van der Waals surface area contributed by atoms with Crippen molar-refractivity contribution in [1.82, 2.24) is 20.4 Å². The second-order valence-corrected chi connectivity index (χ2v) is 5.65. The van der Waals surface area contributed by atoms with E-state index in [2.05, 4.69) is 27.4 Å². The standard InChI is InChI=1S/C13H22N4O/c1-17-7-4-10(5-8-17)9-12-15-13(18-16-12)11-3-2-6-14-11/h10-11,14H,2-9H2,1H3. The lowest BCUT2D eigenvalue weighted by Crippen LogP contribution is -2.31. The molecule has 1 aromatic rings. The van der Waals surface area contributed by atoms with Gasteiger partial charge in [-0.15, -0.1) is 0 Å². The van der Waals surface area contributed by atoms with Crippen LogP contribution in [0.15, 0.2) is 4.52 Å². The summed E-state index contributed by atoms with van der Waals surface area (Å²) in [7, 11) is 2.19. The third kappa shape index (κ3) is 2.72. The van der Waals surface area contributed by atoms with E-state index in [4.69, 9.17) is 4.52 Å². The Hall–Kier alpha value is -0.940. The van der Waals surface area contributed by atoms with Crippen molar-refractivity contribution in [2.45, 2.75) is 38.1 Å². The highest BCUT2D eigenvalue weighted by molar-refractivity contribution is 4.96. The van der Waals surface area contributed by atoms with Gasteiger partial charge in [0.05, 0.1) is 6.04 Å². The Morgan fingerprint density at radius 1 is 1.33 bits per heavy atom. The van der Waals surface area contributed by atoms with Crippen LogP contribution in [-0.4, -0.2) is 41.7 Å². The number of hydrogen-bond acceptors (Lipinski definition) is 5. The maximum atomic E-state index is 5.38. The zero-order valence-corrected chi connectivity index (χ0v) is 11.1. The SMILES string of the molecule is CN1CCC(Cc2noc(C3CCCN3)n2)CC1. The van der Waals surface area contributed by atoms with E-state index in [0.717, 1.165) is 37.0 Å². The van der Waals surface area contributed by atoms with Crippen LogP contribution in [0.4, 0.5) is 0 Å². The average Bonchev–Trinajstić information content (AvgIpc) is 3.02. The maximum absolute atomic E-state index is 5.38. The molecule has 2 aliphatic rings. The van der Waals surface area contributed by atoms with Crippen LogP contribution in [0.3, 0.4) is 0 Å². The van der Waals surface area contributed by atoms with Gasteiger partial charge < -0.3 is 14.7 Å². The van der Waals surface area contributed by atoms with Crippen molar-refractivity contribution in [2.75, 3.05) is 26.7 Å². The maximum Gasteiger partial charge on any atom is 0.243 e. The molecule has 0 aliphatic carbocycles. The third-order valence-electron chi connectivity index (χ3n) is 4.15. The summed E-state index contributed by atoms with van der Waals surface area (Å²) in [6.07, 6.45) is 5.81. The van der Waals surface area contributed by atoms with Gasteiger partial charge in [-0.25, -0.2) is 0 Å². The van der Waals surface area contributed by atoms with Gasteiger partial charge in [0, 0.05) is 6.42 Å². The van der Waals surface area contributed by atoms with Crippen LogP contribution < -0.4 is 5.32 Å². The zero-order valence-electron chi connectivity index (χ0n) is 11.1. The Morgan fingerprint density at radius 3 is 2.89 bits per heavy atom. The molecule has 0 spiro atoms. The summed E-state index contributed by atoms with van der Waals surface area (Å²) in [4.78, 5) is 6.94. The molecule has 18 heavy (non-hydrogen) atoms. The summed E-state index contributed by atoms with van der Waals surface area (Å²) in [6, 6.07) is 0.295. The van der Waals surface area contributed by atoms with Crippen LogP contribution in [0.5, 0.6) is 0 Å². The Kier molecular flexibility index (Phi) is 3.61. The van der Waals surface area contributed by atoms with Gasteiger partial charge in [-0.3, -0.25) is 0 Å². The molecule has 100 valence electrons. The largest absolute Gasteiger partial charge is 0.338 e. The van der Waals surface area contributed by atoms with E-state index in [1.165, 1.54) is 32.4 Å². The molecule has 2 saturated heterocycles. The van der Waals surface area contributed by atoms with Crippen LogP contribution in [0.2, 0.25) is 0 Å². The lowest BCUT2D eigenvalue weighted by atomic mass is 9.94. The van der Waals surface area contributed by atoms with Crippen molar-refractivity contribution in [3.63, 3.8) is 0 Å². The summed E-state index contributed by atoms with van der Waals surface area (Å²) < 4.78 is 5.38. The minimum absolute atomic E-state index is 0.295. The minimum atomic E-state index is 0.295. The van der Waals surface area contributed by atoms with Crippen molar-refractivity contribution in [3.8, 4) is 0 Å². The summed E-state index contributed by atoms with van der Waals surface area (Å²) in [5.74, 6) is 2.41. The molecule has 1 unspecified atom stereocenters. The second kappa shape index (κ2) is 5.36. The fraction of sp³-hybridized carbons (Fsp3) is 0.846. The molecular formula is C13H22N4O. The predicted octanol–water partition coefficient (Wildman–Crippen LogP) is 1.38. The van der Waals surface area contributed by atoms with E-state index in [9.17, 15) is 0 Å². The topological polar surface area (TPSA) is 54.2 Å². The number of nitrogens with zero attached hydrogens (tertiary/aromatic N) is 3. The fourth-order valence-corrected chi connectivity index (χ4v) is 2.91. The van der Waals surface area contributed by atoms with Crippen molar-refractivity contribution < 1.29 is 4.52 Å². The molecule has 3 heterocycles. The smallest absolute Gasteiger partial charge is 0.243 e. The summed E-state index contributed by atoms with van der Waals surface area (Å²) >= 11 is 0. The molecule has 5 heteroatoms. The molecule has 0 aromatic carbocycles. The fourth-order valence-electron chi connectivity index (χ4n) is 2.91. The first-order valence-electron chi connectivity index (χ1n) is 7.05. The van der Waals surface area contributed by atoms with Crippen LogP contribution in [-0.2, 0) is 6.42 Å². The Labute approximate surface area is 108 Å². The minimum Gasteiger partial charge on any atom is -0.338 e. The van der Waals surface area contributed by atoms with Gasteiger partial charge in [-0.05, 0) is 58.3 Å². The molecule has 0 amide bonds. The number of piperidine rings is 1. The number of rotatable bonds is 3. The van der Waals surface area contributed by atoms with Crippen molar-refractivity contribution >= 4 is 0 Å². The van der Waals surface area contributed by atoms with Crippen molar-refractivity contribution in [2.24, 2.45) is 5.92 Å². The van der Waals surface area contributed by atoms with Crippen molar-refractivity contribution in [3.05, 3.63) is 11.7 Å². The van der Waals surface area contributed by atoms with E-state index in [-0.39, 0.29) is 0 Å². The highest BCUT2D eigenvalue weighted by Gasteiger charge is 2.24. The lowest BCUT2D eigenvalue weighted by molar-refractivity contribution is 0.216. The first-order chi connectivity index (χ1) is 8.81. The molecule has 5 nitrogen and oxygen atoms in total. The van der Waals surface area contributed by atoms with E-state index in [1.54, 1.807) is 0 Å². The molecule has 0 saturated carbocycles. The van der Waals surface area contributed by atoms with Gasteiger partial charge >= 0.3 is 0 Å². The Balaban J connectivity index is 1.56. The van der Waals surface area contributed by atoms with Gasteiger partial charge in [0.1, 0.15) is 0 Å². The monoisotopic (exact) mass is 250 g/mol. The summed E-state index contributed by atoms with van der Waals surface area (Å²) in [5, 5.41) is 7.53. The van der Waals surface area contributed by atoms with E-state index < -0.39 is 0 Å². The number of aromatic nitrogens is 2. The molecule has 0 radical (unpaired) electrons. The number of hydrogen-bond donors (Lipinski definition) is 1. The average molecular weight is 250 g/mol. The highest BCUT2D eigenvalue weighted by atomic mass is 16.5. The Morgan fingerprint density at radius 2 is 2.17 bits per heavy atom. The first kappa shape index (κ1) is 12.1. The van der Waals surface area contributed by atoms with Gasteiger partial charge in [-0.2, -0.15) is 4.98 Å². The number of nitrogens with one attached hydrogen (secondary N) is 1. The molecule has 2 aliphatic heterocycles. The second-order valence-electron chi connectivity index (χ2n) is 5.65. The van der Waals surface area contributed by atoms with Gasteiger partial charge in [0.2, 0.25) is 5.89 Å². The molecule has 0 bridgehead atoms. The molecule has 1 aromatic heterocycles. The van der Waals surface area contributed by atoms with Crippen LogP contribution in [0.1, 0.15) is 43.4 Å². The molecule has 1 atom stereocenters. The third-order valence-corrected chi connectivity index (χ3v) is 4.15. The van der Waals surface area contributed by atoms with Crippen LogP contribution in [0, 0.1) is 5.92 Å². The van der Waals surface area contributed by atoms with Gasteiger partial charge in [0.25, 0.3) is 0 Å². The van der Waals surface area contributed by atoms with Gasteiger partial charge in [0.15, 0.2) is 5.82 Å². The Bertz CT molecular complexity index is 378. The quantitative estimate of drug-likeness (QED) is 0.878. The van der Waals surface area contributed by atoms with E-state index in [0.29, 0.717) is 6.04 Å². The molecule has 1 N–H and O–H groups in total. The van der Waals surface area contributed by atoms with Crippen molar-refractivity contribution in [1.29, 1.82) is 0 Å². The molecule has 2 fully saturated rings. The molecule has 3 rings (SSSR count). The lowest BCUT2D eigenvalue weighted by Gasteiger charge is -2.28. The van der Waals surface area contributed by atoms with E-state index in [1.807, 2.05) is 0 Å². The number of likely N-dealkylation sites (tertiary alicyclic amines) is 1. The first-order valence-corrected chi connectivity index (χ1v) is 7.05. The van der Waals surface area contributed by atoms with E-state index >= 15 is 0 Å². The predicted molar refractivity (Wildman–Crippen MR) is 68.2 cm³/mol. The highest BCUT2D eigenvalue weighted by Crippen LogP contribution is 2.23. The van der Waals surface area contributed by atoms with Crippen LogP contribution >= 0.6 is 0 Å². The summed E-state index contributed by atoms with van der Waals surface area (Å²) in [5.41, 5.74) is 0. The normalized spacial score (nSPS) is 26.8. The molecular weight excluding hydrogens is 228 g/mol. The summed E-state index contributed by atoms with van der Waals surface area (Å²) in [6.45, 7) is 3.45. The zero-order chi connectivity index (χ0) is 12.4. The van der Waals surface area contributed by atoms with Crippen LogP contribution in [0.25, 0.3) is 0 Å².